The molecule has 5 nitrogen and oxygen atoms in total. The molecular weight excluding hydrogens is 445 g/mol. The minimum absolute atomic E-state index is 0.0386. The quantitative estimate of drug-likeness (QED) is 0.0578. The smallest absolute Gasteiger partial charge is 0.362 e. The van der Waals surface area contributed by atoms with Crippen LogP contribution in [-0.4, -0.2) is 52.4 Å². The summed E-state index contributed by atoms with van der Waals surface area (Å²) >= 11 is 0. The zero-order valence-electron chi connectivity index (χ0n) is 22.9. The van der Waals surface area contributed by atoms with E-state index in [9.17, 15) is 19.5 Å². The van der Waals surface area contributed by atoms with E-state index in [1.807, 2.05) is 21.1 Å². The van der Waals surface area contributed by atoms with Gasteiger partial charge in [0.25, 0.3) is 0 Å². The van der Waals surface area contributed by atoms with Gasteiger partial charge >= 0.3 is 7.60 Å². The monoisotopic (exact) mass is 502 g/mol. The average molecular weight is 503 g/mol. The summed E-state index contributed by atoms with van der Waals surface area (Å²) in [4.78, 5) is 19.2. The van der Waals surface area contributed by atoms with Crippen molar-refractivity contribution in [3.63, 3.8) is 0 Å². The van der Waals surface area contributed by atoms with Crippen molar-refractivity contribution in [2.75, 3.05) is 27.7 Å². The van der Waals surface area contributed by atoms with Gasteiger partial charge in [-0.15, -0.1) is 0 Å². The molecule has 0 rings (SSSR count). The van der Waals surface area contributed by atoms with E-state index in [0.29, 0.717) is 10.9 Å². The van der Waals surface area contributed by atoms with Crippen LogP contribution in [0.4, 0.5) is 0 Å². The Morgan fingerprint density at radius 1 is 0.647 bits per heavy atom. The van der Waals surface area contributed by atoms with Crippen LogP contribution < -0.4 is 0 Å². The summed E-state index contributed by atoms with van der Waals surface area (Å²) in [6.07, 6.45) is 29.9. The van der Waals surface area contributed by atoms with E-state index in [0.717, 1.165) is 12.8 Å². The largest absolute Gasteiger partial charge is 0.373 e. The second-order valence-electron chi connectivity index (χ2n) is 11.1. The highest BCUT2D eigenvalue weighted by Crippen LogP contribution is 2.52. The molecule has 1 unspecified atom stereocenters. The van der Waals surface area contributed by atoms with Crippen molar-refractivity contribution >= 4 is 7.60 Å². The summed E-state index contributed by atoms with van der Waals surface area (Å²) in [6, 6.07) is 0. The van der Waals surface area contributed by atoms with Gasteiger partial charge in [-0.25, -0.2) is 0 Å². The molecule has 0 spiro atoms. The molecule has 34 heavy (non-hydrogen) atoms. The zero-order valence-corrected chi connectivity index (χ0v) is 23.8. The van der Waals surface area contributed by atoms with Crippen molar-refractivity contribution in [2.24, 2.45) is 0 Å². The highest BCUT2D eigenvalue weighted by atomic mass is 31.2. The molecule has 0 saturated heterocycles. The predicted octanol–water partition coefficient (Wildman–Crippen LogP) is 7.71. The summed E-state index contributed by atoms with van der Waals surface area (Å²) in [5.41, 5.74) is 0. The third-order valence-electron chi connectivity index (χ3n) is 6.27. The molecule has 1 atom stereocenters. The molecular formula is C28H57NO4P+. The second kappa shape index (κ2) is 19.7. The van der Waals surface area contributed by atoms with E-state index in [2.05, 4.69) is 31.2 Å². The number of nitrogens with zero attached hydrogens (tertiary/aromatic N) is 1. The Hall–Kier alpha value is -0.450. The number of hydrogen-bond donors (Lipinski definition) is 3. The molecule has 0 aliphatic rings. The van der Waals surface area contributed by atoms with E-state index in [-0.39, 0.29) is 13.0 Å². The van der Waals surface area contributed by atoms with Crippen LogP contribution in [0.5, 0.6) is 0 Å². The lowest BCUT2D eigenvalue weighted by Crippen LogP contribution is -2.49. The third-order valence-corrected chi connectivity index (χ3v) is 7.72. The molecule has 0 bridgehead atoms. The van der Waals surface area contributed by atoms with Gasteiger partial charge in [-0.1, -0.05) is 89.0 Å². The van der Waals surface area contributed by atoms with E-state index < -0.39 is 12.9 Å². The van der Waals surface area contributed by atoms with Crippen molar-refractivity contribution in [1.29, 1.82) is 0 Å². The summed E-state index contributed by atoms with van der Waals surface area (Å²) < 4.78 is 12.1. The van der Waals surface area contributed by atoms with Crippen molar-refractivity contribution in [2.45, 2.75) is 128 Å². The van der Waals surface area contributed by atoms with Crippen molar-refractivity contribution in [3.8, 4) is 0 Å². The molecule has 0 saturated carbocycles. The van der Waals surface area contributed by atoms with Gasteiger partial charge in [0, 0.05) is 0 Å². The van der Waals surface area contributed by atoms with Crippen LogP contribution in [0.3, 0.4) is 0 Å². The molecule has 202 valence electrons. The molecule has 0 aliphatic heterocycles. The lowest BCUT2D eigenvalue weighted by atomic mass is 10.1. The fraction of sp³-hybridized carbons (Fsp3) is 0.857. The van der Waals surface area contributed by atoms with Gasteiger partial charge in [0.1, 0.15) is 6.54 Å². The summed E-state index contributed by atoms with van der Waals surface area (Å²) in [5.74, 6) is 0. The number of unbranched alkanes of at least 4 members (excludes halogenated alkanes) is 14. The van der Waals surface area contributed by atoms with Gasteiger partial charge in [0.05, 0.1) is 21.1 Å². The zero-order chi connectivity index (χ0) is 25.8. The number of likely N-dealkylation sites (N-methyl/N-ethyl adjacent to an activating group) is 1. The maximum atomic E-state index is 11.8. The summed E-state index contributed by atoms with van der Waals surface area (Å²) in [7, 11) is 0.920. The van der Waals surface area contributed by atoms with Crippen LogP contribution in [0.25, 0.3) is 0 Å². The molecule has 0 fully saturated rings. The highest BCUT2D eigenvalue weighted by Gasteiger charge is 2.48. The molecule has 0 aliphatic carbocycles. The van der Waals surface area contributed by atoms with Gasteiger partial charge in [-0.2, -0.15) is 0 Å². The first-order valence-corrected chi connectivity index (χ1v) is 15.5. The van der Waals surface area contributed by atoms with E-state index in [1.165, 1.54) is 89.9 Å². The topological polar surface area (TPSA) is 77.8 Å². The minimum atomic E-state index is -4.57. The first kappa shape index (κ1) is 33.5. The van der Waals surface area contributed by atoms with Crippen LogP contribution in [0, 0.1) is 0 Å². The Kier molecular flexibility index (Phi) is 19.4. The molecule has 3 N–H and O–H groups in total. The normalized spacial score (nSPS) is 14.9. The average Bonchev–Trinajstić information content (AvgIpc) is 2.73. The number of allylic oxidation sites excluding steroid dienone is 4. The number of hydrogen-bond acceptors (Lipinski definition) is 2. The summed E-state index contributed by atoms with van der Waals surface area (Å²) in [5, 5.41) is 8.59. The maximum absolute atomic E-state index is 11.8. The molecule has 0 aromatic rings. The van der Waals surface area contributed by atoms with E-state index in [1.54, 1.807) is 0 Å². The second-order valence-corrected chi connectivity index (χ2v) is 13.0. The van der Waals surface area contributed by atoms with E-state index >= 15 is 0 Å². The Balaban J connectivity index is 3.62. The lowest BCUT2D eigenvalue weighted by Gasteiger charge is -2.35. The Morgan fingerprint density at radius 3 is 1.35 bits per heavy atom. The van der Waals surface area contributed by atoms with Gasteiger partial charge < -0.3 is 19.4 Å². The van der Waals surface area contributed by atoms with Crippen LogP contribution in [0.2, 0.25) is 0 Å². The van der Waals surface area contributed by atoms with Crippen molar-refractivity contribution in [1.82, 2.24) is 0 Å². The van der Waals surface area contributed by atoms with Gasteiger partial charge in [-0.05, 0) is 57.8 Å². The standard InChI is InChI=1S/C28H56NO4P/c1-5-6-7-8-9-10-11-12-13-14-15-16-17-18-19-20-21-22-23-24-25-26-28(30,34(31,32)33)27-29(2,3)4/h11-12,22-23,30H,5-10,13-21,24-27H2,1-4H3,(H-,31,32,33)/p+1/b12-11-,23-22-. The number of quaternary nitrogens is 1. The van der Waals surface area contributed by atoms with Crippen LogP contribution in [0.1, 0.15) is 122 Å². The fourth-order valence-electron chi connectivity index (χ4n) is 4.32. The van der Waals surface area contributed by atoms with Gasteiger partial charge in [0.15, 0.2) is 0 Å². The van der Waals surface area contributed by atoms with E-state index in [4.69, 9.17) is 0 Å². The van der Waals surface area contributed by atoms with Crippen molar-refractivity contribution < 1.29 is 23.9 Å². The molecule has 0 aromatic heterocycles. The highest BCUT2D eigenvalue weighted by molar-refractivity contribution is 7.53. The van der Waals surface area contributed by atoms with Crippen LogP contribution in [0.15, 0.2) is 24.3 Å². The Morgan fingerprint density at radius 2 is 1.00 bits per heavy atom. The predicted molar refractivity (Wildman–Crippen MR) is 147 cm³/mol. The Labute approximate surface area is 211 Å². The molecule has 0 aromatic carbocycles. The molecule has 6 heteroatoms. The Bertz CT molecular complexity index is 579. The number of aliphatic hydroxyl groups is 1. The van der Waals surface area contributed by atoms with Crippen LogP contribution in [-0.2, 0) is 4.57 Å². The molecule has 0 radical (unpaired) electrons. The summed E-state index contributed by atoms with van der Waals surface area (Å²) in [6.45, 7) is 2.30. The van der Waals surface area contributed by atoms with Gasteiger partial charge in [0.2, 0.25) is 5.34 Å². The molecule has 0 heterocycles. The number of rotatable bonds is 23. The van der Waals surface area contributed by atoms with Crippen molar-refractivity contribution in [3.05, 3.63) is 24.3 Å². The first-order chi connectivity index (χ1) is 16.0. The first-order valence-electron chi connectivity index (χ1n) is 13.9. The lowest BCUT2D eigenvalue weighted by molar-refractivity contribution is -0.875. The van der Waals surface area contributed by atoms with Crippen LogP contribution >= 0.6 is 7.60 Å². The SMILES string of the molecule is CCCCCCC/C=C\CCCCCCCCC/C=C\CCCC(O)(C[N+](C)(C)C)P(=O)(O)O. The van der Waals surface area contributed by atoms with Gasteiger partial charge in [-0.3, -0.25) is 4.57 Å². The maximum Gasteiger partial charge on any atom is 0.362 e. The third kappa shape index (κ3) is 19.8. The fourth-order valence-corrected chi connectivity index (χ4v) is 5.38. The molecule has 0 amide bonds. The minimum Gasteiger partial charge on any atom is -0.373 e.